The lowest BCUT2D eigenvalue weighted by molar-refractivity contribution is 0.583. The van der Waals surface area contributed by atoms with Gasteiger partial charge in [0.05, 0.1) is 11.7 Å². The molecule has 0 aromatic heterocycles. The summed E-state index contributed by atoms with van der Waals surface area (Å²) >= 11 is 0. The number of hydrogen-bond acceptors (Lipinski definition) is 2. The van der Waals surface area contributed by atoms with E-state index in [4.69, 9.17) is 0 Å². The number of aliphatic imine (C=N–C) groups is 2. The Morgan fingerprint density at radius 3 is 2.65 bits per heavy atom. The fraction of sp³-hybridized carbons (Fsp3) is 0.333. The smallest absolute Gasteiger partial charge is 0.0707 e. The molecule has 1 heterocycles. The molecule has 0 bridgehead atoms. The highest BCUT2D eigenvalue weighted by Gasteiger charge is 2.14. The normalized spacial score (nSPS) is 21.3. The molecule has 0 radical (unpaired) electrons. The topological polar surface area (TPSA) is 24.7 Å². The molecule has 0 spiro atoms. The Balaban J connectivity index is 2.44. The van der Waals surface area contributed by atoms with E-state index >= 15 is 0 Å². The summed E-state index contributed by atoms with van der Waals surface area (Å²) < 4.78 is 0. The molecule has 2 nitrogen and oxygen atoms in total. The highest BCUT2D eigenvalue weighted by molar-refractivity contribution is 6.11. The van der Waals surface area contributed by atoms with Crippen LogP contribution in [0.4, 0.5) is 5.69 Å². The second-order valence-electron chi connectivity index (χ2n) is 5.54. The van der Waals surface area contributed by atoms with Gasteiger partial charge in [-0.3, -0.25) is 9.98 Å². The van der Waals surface area contributed by atoms with Crippen molar-refractivity contribution in [2.24, 2.45) is 15.9 Å². The summed E-state index contributed by atoms with van der Waals surface area (Å²) in [4.78, 5) is 9.15. The van der Waals surface area contributed by atoms with E-state index in [-0.39, 0.29) is 0 Å². The van der Waals surface area contributed by atoms with Crippen LogP contribution in [-0.2, 0) is 0 Å². The summed E-state index contributed by atoms with van der Waals surface area (Å²) in [6.07, 6.45) is 6.10. The monoisotopic (exact) mass is 266 g/mol. The molecule has 1 aromatic carbocycles. The lowest BCUT2D eigenvalue weighted by atomic mass is 9.94. The maximum atomic E-state index is 4.59. The Morgan fingerprint density at radius 2 is 2.05 bits per heavy atom. The lowest BCUT2D eigenvalue weighted by Gasteiger charge is -2.19. The maximum Gasteiger partial charge on any atom is 0.0707 e. The van der Waals surface area contributed by atoms with Crippen LogP contribution in [0.1, 0.15) is 38.8 Å². The van der Waals surface area contributed by atoms with Crippen LogP contribution in [0, 0.1) is 5.92 Å². The molecule has 2 heteroatoms. The summed E-state index contributed by atoms with van der Waals surface area (Å²) in [6, 6.07) is 6.66. The third-order valence-electron chi connectivity index (χ3n) is 3.58. The minimum atomic E-state index is 0.363. The third kappa shape index (κ3) is 3.13. The van der Waals surface area contributed by atoms with Crippen LogP contribution in [0.25, 0.3) is 11.6 Å². The van der Waals surface area contributed by atoms with Crippen molar-refractivity contribution in [3.8, 4) is 0 Å². The number of rotatable bonds is 3. The van der Waals surface area contributed by atoms with Gasteiger partial charge >= 0.3 is 0 Å². The highest BCUT2D eigenvalue weighted by atomic mass is 14.8. The quantitative estimate of drug-likeness (QED) is 0.693. The Hall–Kier alpha value is -1.96. The molecule has 1 aromatic rings. The number of benzene rings is 1. The Kier molecular flexibility index (Phi) is 4.33. The molecule has 0 saturated heterocycles. The molecular formula is C18H22N2. The van der Waals surface area contributed by atoms with E-state index in [0.29, 0.717) is 12.0 Å². The van der Waals surface area contributed by atoms with E-state index in [1.54, 1.807) is 0 Å². The predicted molar refractivity (Wildman–Crippen MR) is 90.1 cm³/mol. The maximum absolute atomic E-state index is 4.59. The van der Waals surface area contributed by atoms with Gasteiger partial charge in [0.1, 0.15) is 0 Å². The molecule has 1 aliphatic rings. The van der Waals surface area contributed by atoms with Crippen molar-refractivity contribution in [3.63, 3.8) is 0 Å². The van der Waals surface area contributed by atoms with Crippen LogP contribution in [0.15, 0.2) is 40.8 Å². The van der Waals surface area contributed by atoms with Crippen LogP contribution in [-0.4, -0.2) is 18.0 Å². The SMILES string of the molecule is C=Cc1ccc(C2=CC(C)C(C)N=C2)cc1N=C(C)C. The first-order chi connectivity index (χ1) is 9.51. The van der Waals surface area contributed by atoms with E-state index in [0.717, 1.165) is 22.5 Å². The third-order valence-corrected chi connectivity index (χ3v) is 3.58. The van der Waals surface area contributed by atoms with Gasteiger partial charge in [0.25, 0.3) is 0 Å². The zero-order chi connectivity index (χ0) is 14.7. The molecule has 2 rings (SSSR count). The molecule has 2 atom stereocenters. The highest BCUT2D eigenvalue weighted by Crippen LogP contribution is 2.28. The van der Waals surface area contributed by atoms with Crippen LogP contribution in [0.2, 0.25) is 0 Å². The predicted octanol–water partition coefficient (Wildman–Crippen LogP) is 4.93. The molecule has 2 unspecified atom stereocenters. The first-order valence-corrected chi connectivity index (χ1v) is 7.05. The second-order valence-corrected chi connectivity index (χ2v) is 5.54. The van der Waals surface area contributed by atoms with Crippen LogP contribution >= 0.6 is 0 Å². The average molecular weight is 266 g/mol. The zero-order valence-electron chi connectivity index (χ0n) is 12.7. The van der Waals surface area contributed by atoms with Crippen molar-refractivity contribution in [2.75, 3.05) is 0 Å². The minimum absolute atomic E-state index is 0.363. The van der Waals surface area contributed by atoms with Crippen molar-refractivity contribution in [1.82, 2.24) is 0 Å². The van der Waals surface area contributed by atoms with Gasteiger partial charge in [0.15, 0.2) is 0 Å². The zero-order valence-corrected chi connectivity index (χ0v) is 12.7. The van der Waals surface area contributed by atoms with E-state index < -0.39 is 0 Å². The van der Waals surface area contributed by atoms with Crippen molar-refractivity contribution in [3.05, 3.63) is 42.0 Å². The van der Waals surface area contributed by atoms with Crippen LogP contribution in [0.3, 0.4) is 0 Å². The van der Waals surface area contributed by atoms with Gasteiger partial charge in [-0.2, -0.15) is 0 Å². The summed E-state index contributed by atoms with van der Waals surface area (Å²) in [6.45, 7) is 12.2. The fourth-order valence-corrected chi connectivity index (χ4v) is 2.20. The van der Waals surface area contributed by atoms with Gasteiger partial charge in [-0.05, 0) is 49.5 Å². The van der Waals surface area contributed by atoms with Gasteiger partial charge < -0.3 is 0 Å². The average Bonchev–Trinajstić information content (AvgIpc) is 2.41. The summed E-state index contributed by atoms with van der Waals surface area (Å²) in [5, 5.41) is 0. The van der Waals surface area contributed by atoms with Gasteiger partial charge in [-0.1, -0.05) is 37.8 Å². The summed E-state index contributed by atoms with van der Waals surface area (Å²) in [7, 11) is 0. The molecule has 1 aliphatic heterocycles. The van der Waals surface area contributed by atoms with E-state index in [1.807, 2.05) is 26.1 Å². The van der Waals surface area contributed by atoms with E-state index in [1.165, 1.54) is 5.57 Å². The minimum Gasteiger partial charge on any atom is -0.289 e. The summed E-state index contributed by atoms with van der Waals surface area (Å²) in [5.41, 5.74) is 5.41. The molecule has 0 amide bonds. The molecule has 104 valence electrons. The fourth-order valence-electron chi connectivity index (χ4n) is 2.20. The number of nitrogens with zero attached hydrogens (tertiary/aromatic N) is 2. The largest absolute Gasteiger partial charge is 0.289 e. The van der Waals surface area contributed by atoms with Crippen molar-refractivity contribution in [2.45, 2.75) is 33.7 Å². The van der Waals surface area contributed by atoms with Gasteiger partial charge in [0, 0.05) is 11.9 Å². The Bertz CT molecular complexity index is 602. The molecule has 0 N–H and O–H groups in total. The van der Waals surface area contributed by atoms with Crippen molar-refractivity contribution >= 4 is 29.3 Å². The van der Waals surface area contributed by atoms with Crippen LogP contribution in [0.5, 0.6) is 0 Å². The Morgan fingerprint density at radius 1 is 1.30 bits per heavy atom. The van der Waals surface area contributed by atoms with Gasteiger partial charge in [-0.15, -0.1) is 0 Å². The first-order valence-electron chi connectivity index (χ1n) is 7.05. The molecule has 0 fully saturated rings. The van der Waals surface area contributed by atoms with Crippen molar-refractivity contribution < 1.29 is 0 Å². The summed E-state index contributed by atoms with van der Waals surface area (Å²) in [5.74, 6) is 0.467. The number of hydrogen-bond donors (Lipinski definition) is 0. The van der Waals surface area contributed by atoms with E-state index in [9.17, 15) is 0 Å². The molecular weight excluding hydrogens is 244 g/mol. The molecule has 0 aliphatic carbocycles. The standard InChI is InChI=1S/C18H22N2/c1-6-15-7-8-16(10-18(15)20-12(2)3)17-9-13(4)14(5)19-11-17/h6-11,13-14H,1H2,2-5H3. The Labute approximate surface area is 121 Å². The van der Waals surface area contributed by atoms with Crippen molar-refractivity contribution in [1.29, 1.82) is 0 Å². The number of dihydropyridines is 1. The van der Waals surface area contributed by atoms with Gasteiger partial charge in [0.2, 0.25) is 0 Å². The molecule has 20 heavy (non-hydrogen) atoms. The van der Waals surface area contributed by atoms with E-state index in [2.05, 4.69) is 54.7 Å². The van der Waals surface area contributed by atoms with Crippen LogP contribution < -0.4 is 0 Å². The van der Waals surface area contributed by atoms with Gasteiger partial charge in [-0.25, -0.2) is 0 Å². The number of allylic oxidation sites excluding steroid dienone is 1. The molecule has 0 saturated carbocycles. The first kappa shape index (κ1) is 14.4. The second kappa shape index (κ2) is 6.00. The lowest BCUT2D eigenvalue weighted by Crippen LogP contribution is -2.14.